The van der Waals surface area contributed by atoms with Crippen LogP contribution in [0.2, 0.25) is 0 Å². The van der Waals surface area contributed by atoms with Crippen molar-refractivity contribution in [3.63, 3.8) is 0 Å². The molecule has 0 fully saturated rings. The zero-order chi connectivity index (χ0) is 16.5. The summed E-state index contributed by atoms with van der Waals surface area (Å²) in [5, 5.41) is 0.331. The van der Waals surface area contributed by atoms with Crippen LogP contribution in [0.4, 0.5) is 5.69 Å². The van der Waals surface area contributed by atoms with E-state index in [2.05, 4.69) is 42.2 Å². The lowest BCUT2D eigenvalue weighted by molar-refractivity contribution is -0.137. The van der Waals surface area contributed by atoms with Gasteiger partial charge < -0.3 is 9.64 Å². The molecule has 1 aromatic carbocycles. The maximum absolute atomic E-state index is 11.3. The molecule has 22 heavy (non-hydrogen) atoms. The molecule has 3 nitrogen and oxygen atoms in total. The topological polar surface area (TPSA) is 29.5 Å². The fourth-order valence-corrected chi connectivity index (χ4v) is 2.89. The van der Waals surface area contributed by atoms with Gasteiger partial charge in [0.1, 0.15) is 0 Å². The SMILES string of the molecule is CCOC(=O)C=CC(C)=CC(C)Sc1ccc(N(C)C)cc1. The maximum atomic E-state index is 11.3. The molecule has 0 amide bonds. The van der Waals surface area contributed by atoms with E-state index in [0.717, 1.165) is 5.57 Å². The first-order valence-corrected chi connectivity index (χ1v) is 8.27. The Morgan fingerprint density at radius 3 is 2.45 bits per heavy atom. The third kappa shape index (κ3) is 6.85. The summed E-state index contributed by atoms with van der Waals surface area (Å²) >= 11 is 1.79. The number of carbonyl (C=O) groups is 1. The first-order valence-electron chi connectivity index (χ1n) is 7.39. The summed E-state index contributed by atoms with van der Waals surface area (Å²) in [6.07, 6.45) is 5.41. The average Bonchev–Trinajstić information content (AvgIpc) is 2.46. The van der Waals surface area contributed by atoms with Gasteiger partial charge in [-0.1, -0.05) is 17.7 Å². The number of allylic oxidation sites excluding steroid dienone is 2. The number of nitrogens with zero attached hydrogens (tertiary/aromatic N) is 1. The summed E-state index contributed by atoms with van der Waals surface area (Å²) in [6.45, 7) is 6.34. The number of hydrogen-bond donors (Lipinski definition) is 0. The molecule has 1 atom stereocenters. The highest BCUT2D eigenvalue weighted by molar-refractivity contribution is 8.00. The Morgan fingerprint density at radius 1 is 1.27 bits per heavy atom. The van der Waals surface area contributed by atoms with E-state index in [1.54, 1.807) is 24.8 Å². The number of rotatable bonds is 7. The number of hydrogen-bond acceptors (Lipinski definition) is 4. The van der Waals surface area contributed by atoms with Crippen LogP contribution < -0.4 is 4.90 Å². The van der Waals surface area contributed by atoms with E-state index < -0.39 is 0 Å². The van der Waals surface area contributed by atoms with Crippen LogP contribution in [0, 0.1) is 0 Å². The van der Waals surface area contributed by atoms with Gasteiger partial charge in [-0.25, -0.2) is 4.79 Å². The predicted octanol–water partition coefficient (Wildman–Crippen LogP) is 4.30. The maximum Gasteiger partial charge on any atom is 0.330 e. The van der Waals surface area contributed by atoms with Crippen molar-refractivity contribution in [1.29, 1.82) is 0 Å². The van der Waals surface area contributed by atoms with Gasteiger partial charge in [0.25, 0.3) is 0 Å². The van der Waals surface area contributed by atoms with E-state index in [1.165, 1.54) is 16.7 Å². The molecule has 0 heterocycles. The Balaban J connectivity index is 2.58. The van der Waals surface area contributed by atoms with E-state index in [4.69, 9.17) is 4.74 Å². The summed E-state index contributed by atoms with van der Waals surface area (Å²) in [4.78, 5) is 14.6. The van der Waals surface area contributed by atoms with Crippen molar-refractivity contribution in [3.8, 4) is 0 Å². The summed E-state index contributed by atoms with van der Waals surface area (Å²) in [6, 6.07) is 8.50. The number of benzene rings is 1. The van der Waals surface area contributed by atoms with Gasteiger partial charge in [-0.2, -0.15) is 0 Å². The monoisotopic (exact) mass is 319 g/mol. The normalized spacial score (nSPS) is 13.2. The molecule has 0 spiro atoms. The standard InChI is InChI=1S/C18H25NO2S/c1-6-21-18(20)12-7-14(2)13-15(3)22-17-10-8-16(9-11-17)19(4)5/h7-13,15H,6H2,1-5H3. The molecular weight excluding hydrogens is 294 g/mol. The summed E-state index contributed by atoms with van der Waals surface area (Å²) in [5.74, 6) is -0.296. The zero-order valence-electron chi connectivity index (χ0n) is 14.0. The van der Waals surface area contributed by atoms with Crippen molar-refractivity contribution in [1.82, 2.24) is 0 Å². The van der Waals surface area contributed by atoms with Gasteiger partial charge >= 0.3 is 5.97 Å². The number of esters is 1. The van der Waals surface area contributed by atoms with Crippen molar-refractivity contribution < 1.29 is 9.53 Å². The second-order valence-electron chi connectivity index (χ2n) is 5.21. The van der Waals surface area contributed by atoms with Crippen LogP contribution in [0.1, 0.15) is 20.8 Å². The Labute approximate surface area is 138 Å². The van der Waals surface area contributed by atoms with Crippen LogP contribution in [0.25, 0.3) is 0 Å². The molecule has 0 saturated heterocycles. The van der Waals surface area contributed by atoms with Crippen molar-refractivity contribution in [3.05, 3.63) is 48.1 Å². The smallest absolute Gasteiger partial charge is 0.330 e. The Kier molecular flexibility index (Phi) is 7.82. The van der Waals surface area contributed by atoms with Crippen LogP contribution in [-0.4, -0.2) is 31.9 Å². The first-order chi connectivity index (χ1) is 10.4. The largest absolute Gasteiger partial charge is 0.463 e. The van der Waals surface area contributed by atoms with E-state index in [0.29, 0.717) is 11.9 Å². The third-order valence-corrected chi connectivity index (χ3v) is 3.99. The van der Waals surface area contributed by atoms with Crippen molar-refractivity contribution >= 4 is 23.4 Å². The van der Waals surface area contributed by atoms with Crippen LogP contribution in [0.5, 0.6) is 0 Å². The molecule has 120 valence electrons. The highest BCUT2D eigenvalue weighted by Crippen LogP contribution is 2.26. The lowest BCUT2D eigenvalue weighted by Crippen LogP contribution is -2.07. The Hall–Kier alpha value is -1.68. The van der Waals surface area contributed by atoms with Crippen LogP contribution in [0.15, 0.2) is 53.0 Å². The molecule has 0 radical (unpaired) electrons. The molecule has 0 aliphatic heterocycles. The average molecular weight is 319 g/mol. The van der Waals surface area contributed by atoms with Gasteiger partial charge in [0.2, 0.25) is 0 Å². The lowest BCUT2D eigenvalue weighted by Gasteiger charge is -2.13. The second kappa shape index (κ2) is 9.36. The van der Waals surface area contributed by atoms with Gasteiger partial charge in [0, 0.05) is 36.0 Å². The quantitative estimate of drug-likeness (QED) is 0.324. The lowest BCUT2D eigenvalue weighted by atomic mass is 10.2. The van der Waals surface area contributed by atoms with E-state index in [-0.39, 0.29) is 5.97 Å². The molecule has 4 heteroatoms. The summed E-state index contributed by atoms with van der Waals surface area (Å²) < 4.78 is 4.86. The van der Waals surface area contributed by atoms with Crippen molar-refractivity contribution in [2.24, 2.45) is 0 Å². The molecule has 0 aromatic heterocycles. The predicted molar refractivity (Wildman–Crippen MR) is 95.6 cm³/mol. The summed E-state index contributed by atoms with van der Waals surface area (Å²) in [5.41, 5.74) is 2.25. The van der Waals surface area contributed by atoms with Gasteiger partial charge in [-0.15, -0.1) is 11.8 Å². The minimum absolute atomic E-state index is 0.296. The number of anilines is 1. The minimum Gasteiger partial charge on any atom is -0.463 e. The molecule has 0 bridgehead atoms. The van der Waals surface area contributed by atoms with E-state index >= 15 is 0 Å². The fourth-order valence-electron chi connectivity index (χ4n) is 1.89. The molecule has 1 aromatic rings. The molecule has 0 N–H and O–H groups in total. The van der Waals surface area contributed by atoms with Crippen molar-refractivity contribution in [2.45, 2.75) is 30.9 Å². The Bertz CT molecular complexity index is 533. The Morgan fingerprint density at radius 2 is 1.91 bits per heavy atom. The van der Waals surface area contributed by atoms with E-state index in [1.807, 2.05) is 21.0 Å². The highest BCUT2D eigenvalue weighted by Gasteiger charge is 2.03. The highest BCUT2D eigenvalue weighted by atomic mass is 32.2. The number of thioether (sulfide) groups is 1. The summed E-state index contributed by atoms with van der Waals surface area (Å²) in [7, 11) is 4.07. The molecule has 1 unspecified atom stereocenters. The van der Waals surface area contributed by atoms with Crippen LogP contribution in [-0.2, 0) is 9.53 Å². The fraction of sp³-hybridized carbons (Fsp3) is 0.389. The number of ether oxygens (including phenoxy) is 1. The molecule has 0 aliphatic carbocycles. The zero-order valence-corrected chi connectivity index (χ0v) is 14.8. The second-order valence-corrected chi connectivity index (χ2v) is 6.66. The molecule has 0 saturated carbocycles. The van der Waals surface area contributed by atoms with Gasteiger partial charge in [0.15, 0.2) is 0 Å². The minimum atomic E-state index is -0.296. The van der Waals surface area contributed by atoms with Crippen LogP contribution >= 0.6 is 11.8 Å². The van der Waals surface area contributed by atoms with Crippen LogP contribution in [0.3, 0.4) is 0 Å². The van der Waals surface area contributed by atoms with E-state index in [9.17, 15) is 4.79 Å². The number of carbonyl (C=O) groups excluding carboxylic acids is 1. The van der Waals surface area contributed by atoms with Gasteiger partial charge in [-0.05, 0) is 45.0 Å². The van der Waals surface area contributed by atoms with Gasteiger partial charge in [-0.3, -0.25) is 0 Å². The third-order valence-electron chi connectivity index (χ3n) is 2.94. The molecular formula is C18H25NO2S. The molecule has 1 rings (SSSR count). The molecule has 0 aliphatic rings. The van der Waals surface area contributed by atoms with Gasteiger partial charge in [0.05, 0.1) is 6.61 Å². The first kappa shape index (κ1) is 18.4. The van der Waals surface area contributed by atoms with Crippen molar-refractivity contribution in [2.75, 3.05) is 25.6 Å².